The Morgan fingerprint density at radius 1 is 1.00 bits per heavy atom. The van der Waals surface area contributed by atoms with Crippen LogP contribution in [-0.4, -0.2) is 14.8 Å². The number of hydrogen-bond acceptors (Lipinski definition) is 3. The van der Waals surface area contributed by atoms with Crippen LogP contribution in [0.4, 0.5) is 0 Å². The standard InChI is InChI=1S/C19H20ClN3S/c1-14(2)12-23-18(16-6-4-3-5-7-16)21-22-19(23)24-13-15-8-10-17(20)11-9-15/h3-11,14H,12-13H2,1-2H3. The first-order valence-corrected chi connectivity index (χ1v) is 9.35. The van der Waals surface area contributed by atoms with Gasteiger partial charge in [0.25, 0.3) is 0 Å². The van der Waals surface area contributed by atoms with Crippen molar-refractivity contribution in [2.24, 2.45) is 5.92 Å². The summed E-state index contributed by atoms with van der Waals surface area (Å²) < 4.78 is 2.22. The number of benzene rings is 2. The molecule has 0 unspecified atom stereocenters. The fraction of sp³-hybridized carbons (Fsp3) is 0.263. The van der Waals surface area contributed by atoms with E-state index in [9.17, 15) is 0 Å². The minimum absolute atomic E-state index is 0.526. The van der Waals surface area contributed by atoms with Crippen molar-refractivity contribution in [3.05, 3.63) is 65.2 Å². The van der Waals surface area contributed by atoms with Gasteiger partial charge in [0.2, 0.25) is 0 Å². The van der Waals surface area contributed by atoms with E-state index in [2.05, 4.69) is 52.9 Å². The minimum Gasteiger partial charge on any atom is -0.302 e. The third-order valence-electron chi connectivity index (χ3n) is 3.58. The van der Waals surface area contributed by atoms with Crippen LogP contribution in [0.5, 0.6) is 0 Å². The smallest absolute Gasteiger partial charge is 0.191 e. The van der Waals surface area contributed by atoms with Crippen LogP contribution in [0.15, 0.2) is 59.8 Å². The molecule has 5 heteroatoms. The summed E-state index contributed by atoms with van der Waals surface area (Å²) in [5.74, 6) is 2.31. The Bertz CT molecular complexity index is 782. The first-order chi connectivity index (χ1) is 11.6. The number of rotatable bonds is 6. The summed E-state index contributed by atoms with van der Waals surface area (Å²) in [6, 6.07) is 18.2. The molecule has 0 saturated heterocycles. The van der Waals surface area contributed by atoms with Crippen LogP contribution < -0.4 is 0 Å². The Hall–Kier alpha value is -1.78. The van der Waals surface area contributed by atoms with Crippen molar-refractivity contribution in [1.82, 2.24) is 14.8 Å². The second kappa shape index (κ2) is 7.86. The van der Waals surface area contributed by atoms with Crippen molar-refractivity contribution >= 4 is 23.4 Å². The molecule has 0 saturated carbocycles. The van der Waals surface area contributed by atoms with E-state index < -0.39 is 0 Å². The molecule has 124 valence electrons. The average molecular weight is 358 g/mol. The van der Waals surface area contributed by atoms with E-state index in [0.717, 1.165) is 33.9 Å². The number of thioether (sulfide) groups is 1. The van der Waals surface area contributed by atoms with E-state index in [1.165, 1.54) is 5.56 Å². The van der Waals surface area contributed by atoms with Gasteiger partial charge in [0.1, 0.15) is 0 Å². The zero-order valence-electron chi connectivity index (χ0n) is 13.8. The highest BCUT2D eigenvalue weighted by atomic mass is 35.5. The molecule has 0 amide bonds. The number of aromatic nitrogens is 3. The van der Waals surface area contributed by atoms with Crippen LogP contribution in [-0.2, 0) is 12.3 Å². The van der Waals surface area contributed by atoms with Crippen LogP contribution in [0.1, 0.15) is 19.4 Å². The van der Waals surface area contributed by atoms with Crippen molar-refractivity contribution in [2.45, 2.75) is 31.3 Å². The molecule has 3 rings (SSSR count). The topological polar surface area (TPSA) is 30.7 Å². The van der Waals surface area contributed by atoms with Gasteiger partial charge in [0, 0.05) is 22.9 Å². The predicted octanol–water partition coefficient (Wildman–Crippen LogP) is 5.55. The second-order valence-corrected chi connectivity index (χ2v) is 7.47. The van der Waals surface area contributed by atoms with Crippen molar-refractivity contribution in [3.63, 3.8) is 0 Å². The molecule has 0 aliphatic rings. The fourth-order valence-corrected chi connectivity index (χ4v) is 3.48. The van der Waals surface area contributed by atoms with Gasteiger partial charge >= 0.3 is 0 Å². The molecule has 1 heterocycles. The van der Waals surface area contributed by atoms with E-state index in [0.29, 0.717) is 5.92 Å². The molecule has 0 N–H and O–H groups in total. The number of hydrogen-bond donors (Lipinski definition) is 0. The highest BCUT2D eigenvalue weighted by molar-refractivity contribution is 7.98. The monoisotopic (exact) mass is 357 g/mol. The molecule has 1 aromatic heterocycles. The lowest BCUT2D eigenvalue weighted by Crippen LogP contribution is -2.07. The molecule has 0 atom stereocenters. The molecule has 24 heavy (non-hydrogen) atoms. The van der Waals surface area contributed by atoms with Gasteiger partial charge in [-0.25, -0.2) is 0 Å². The van der Waals surface area contributed by atoms with Gasteiger partial charge in [0.15, 0.2) is 11.0 Å². The number of nitrogens with zero attached hydrogens (tertiary/aromatic N) is 3. The Kier molecular flexibility index (Phi) is 5.59. The molecule has 0 bridgehead atoms. The van der Waals surface area contributed by atoms with E-state index >= 15 is 0 Å². The lowest BCUT2D eigenvalue weighted by molar-refractivity contribution is 0.498. The molecule has 0 aliphatic heterocycles. The molecular weight excluding hydrogens is 338 g/mol. The van der Waals surface area contributed by atoms with Gasteiger partial charge in [-0.1, -0.05) is 79.7 Å². The van der Waals surface area contributed by atoms with Crippen LogP contribution in [0.3, 0.4) is 0 Å². The fourth-order valence-electron chi connectivity index (χ4n) is 2.45. The van der Waals surface area contributed by atoms with Crippen molar-refractivity contribution in [3.8, 4) is 11.4 Å². The summed E-state index contributed by atoms with van der Waals surface area (Å²) in [5, 5.41) is 10.6. The van der Waals surface area contributed by atoms with Crippen LogP contribution in [0.25, 0.3) is 11.4 Å². The van der Waals surface area contributed by atoms with Gasteiger partial charge in [-0.3, -0.25) is 0 Å². The summed E-state index contributed by atoms with van der Waals surface area (Å²) in [4.78, 5) is 0. The molecular formula is C19H20ClN3S. The van der Waals surface area contributed by atoms with Crippen LogP contribution in [0, 0.1) is 5.92 Å². The lowest BCUT2D eigenvalue weighted by Gasteiger charge is -2.12. The van der Waals surface area contributed by atoms with Crippen molar-refractivity contribution < 1.29 is 0 Å². The molecule has 0 fully saturated rings. The lowest BCUT2D eigenvalue weighted by atomic mass is 10.2. The summed E-state index contributed by atoms with van der Waals surface area (Å²) in [7, 11) is 0. The van der Waals surface area contributed by atoms with E-state index in [4.69, 9.17) is 11.6 Å². The molecule has 3 nitrogen and oxygen atoms in total. The van der Waals surface area contributed by atoms with Crippen molar-refractivity contribution in [1.29, 1.82) is 0 Å². The average Bonchev–Trinajstić information content (AvgIpc) is 2.97. The zero-order chi connectivity index (χ0) is 16.9. The second-order valence-electron chi connectivity index (χ2n) is 6.09. The summed E-state index contributed by atoms with van der Waals surface area (Å²) in [6.45, 7) is 5.32. The zero-order valence-corrected chi connectivity index (χ0v) is 15.4. The van der Waals surface area contributed by atoms with Gasteiger partial charge in [-0.2, -0.15) is 0 Å². The molecule has 0 spiro atoms. The summed E-state index contributed by atoms with van der Waals surface area (Å²) in [5.41, 5.74) is 2.33. The largest absolute Gasteiger partial charge is 0.302 e. The van der Waals surface area contributed by atoms with Gasteiger partial charge in [-0.05, 0) is 23.6 Å². The van der Waals surface area contributed by atoms with Crippen LogP contribution >= 0.6 is 23.4 Å². The van der Waals surface area contributed by atoms with E-state index in [1.807, 2.05) is 30.3 Å². The molecule has 0 aliphatic carbocycles. The predicted molar refractivity (Wildman–Crippen MR) is 101 cm³/mol. The first-order valence-electron chi connectivity index (χ1n) is 7.99. The van der Waals surface area contributed by atoms with Crippen molar-refractivity contribution in [2.75, 3.05) is 0 Å². The maximum Gasteiger partial charge on any atom is 0.191 e. The SMILES string of the molecule is CC(C)Cn1c(SCc2ccc(Cl)cc2)nnc1-c1ccccc1. The molecule has 0 radical (unpaired) electrons. The van der Waals surface area contributed by atoms with Crippen LogP contribution in [0.2, 0.25) is 5.02 Å². The normalized spacial score (nSPS) is 11.2. The Morgan fingerprint density at radius 2 is 1.71 bits per heavy atom. The van der Waals surface area contributed by atoms with Gasteiger partial charge in [-0.15, -0.1) is 10.2 Å². The highest BCUT2D eigenvalue weighted by Crippen LogP contribution is 2.27. The molecule has 3 aromatic rings. The first kappa shape index (κ1) is 17.1. The quantitative estimate of drug-likeness (QED) is 0.542. The minimum atomic E-state index is 0.526. The summed E-state index contributed by atoms with van der Waals surface area (Å²) in [6.07, 6.45) is 0. The number of halogens is 1. The maximum atomic E-state index is 5.95. The molecule has 2 aromatic carbocycles. The Labute approximate surface area is 152 Å². The van der Waals surface area contributed by atoms with Gasteiger partial charge < -0.3 is 4.57 Å². The highest BCUT2D eigenvalue weighted by Gasteiger charge is 2.15. The Balaban J connectivity index is 1.84. The maximum absolute atomic E-state index is 5.95. The summed E-state index contributed by atoms with van der Waals surface area (Å²) >= 11 is 7.66. The van der Waals surface area contributed by atoms with E-state index in [1.54, 1.807) is 11.8 Å². The van der Waals surface area contributed by atoms with E-state index in [-0.39, 0.29) is 0 Å². The Morgan fingerprint density at radius 3 is 2.38 bits per heavy atom. The third kappa shape index (κ3) is 4.19. The third-order valence-corrected chi connectivity index (χ3v) is 4.87. The van der Waals surface area contributed by atoms with Gasteiger partial charge in [0.05, 0.1) is 0 Å².